The number of ketones is 1. The minimum absolute atomic E-state index is 0.0554. The summed E-state index contributed by atoms with van der Waals surface area (Å²) < 4.78 is 4.67. The number of hydrogen-bond acceptors (Lipinski definition) is 5. The molecule has 2 unspecified atom stereocenters. The van der Waals surface area contributed by atoms with Crippen molar-refractivity contribution in [3.05, 3.63) is 54.1 Å². The summed E-state index contributed by atoms with van der Waals surface area (Å²) in [5.41, 5.74) is 1.17. The van der Waals surface area contributed by atoms with Gasteiger partial charge in [-0.15, -0.1) is 23.4 Å². The van der Waals surface area contributed by atoms with Crippen LogP contribution >= 0.6 is 23.4 Å². The second kappa shape index (κ2) is 13.1. The maximum absolute atomic E-state index is 12.8. The Kier molecular flexibility index (Phi) is 10.5. The van der Waals surface area contributed by atoms with Crippen LogP contribution in [0.15, 0.2) is 53.5 Å². The third-order valence-corrected chi connectivity index (χ3v) is 9.41. The normalized spacial score (nSPS) is 27.3. The number of methoxy groups -OCH3 is 1. The predicted molar refractivity (Wildman–Crippen MR) is 144 cm³/mol. The van der Waals surface area contributed by atoms with Crippen LogP contribution in [0.1, 0.15) is 64.4 Å². The predicted octanol–water partition coefficient (Wildman–Crippen LogP) is 6.69. The van der Waals surface area contributed by atoms with Crippen LogP contribution in [-0.4, -0.2) is 35.8 Å². The van der Waals surface area contributed by atoms with Crippen molar-refractivity contribution in [1.29, 1.82) is 0 Å². The lowest BCUT2D eigenvalue weighted by atomic mass is 9.81. The smallest absolute Gasteiger partial charge is 0.305 e. The Hall–Kier alpha value is -1.56. The van der Waals surface area contributed by atoms with Gasteiger partial charge in [0.05, 0.1) is 18.1 Å². The summed E-state index contributed by atoms with van der Waals surface area (Å²) in [5.74, 6) is 1.71. The molecule has 1 heterocycles. The molecule has 192 valence electrons. The highest BCUT2D eigenvalue weighted by Crippen LogP contribution is 2.49. The lowest BCUT2D eigenvalue weighted by molar-refractivity contribution is -0.140. The molecule has 6 heteroatoms. The molecular formula is C29H39ClO4S. The zero-order chi connectivity index (χ0) is 25.4. The fraction of sp³-hybridized carbons (Fsp3) is 0.586. The molecular weight excluding hydrogens is 480 g/mol. The van der Waals surface area contributed by atoms with Crippen molar-refractivity contribution < 1.29 is 19.4 Å². The number of thioether (sulfide) groups is 1. The number of fused-ring (bicyclic) bond motifs is 1. The van der Waals surface area contributed by atoms with Crippen molar-refractivity contribution in [2.75, 3.05) is 12.9 Å². The van der Waals surface area contributed by atoms with E-state index in [0.29, 0.717) is 49.7 Å². The van der Waals surface area contributed by atoms with Gasteiger partial charge in [0.25, 0.3) is 0 Å². The number of hydrogen-bond donors (Lipinski definition) is 1. The monoisotopic (exact) mass is 518 g/mol. The maximum atomic E-state index is 12.8. The topological polar surface area (TPSA) is 63.6 Å². The van der Waals surface area contributed by atoms with E-state index in [1.807, 2.05) is 18.2 Å². The van der Waals surface area contributed by atoms with E-state index in [1.165, 1.54) is 17.6 Å². The lowest BCUT2D eigenvalue weighted by Crippen LogP contribution is -2.21. The van der Waals surface area contributed by atoms with Gasteiger partial charge >= 0.3 is 5.97 Å². The first-order valence-electron chi connectivity index (χ1n) is 12.8. The number of benzene rings is 1. The molecule has 5 atom stereocenters. The number of allylic oxidation sites excluding steroid dienone is 3. The summed E-state index contributed by atoms with van der Waals surface area (Å²) in [6.07, 6.45) is 12.1. The maximum Gasteiger partial charge on any atom is 0.305 e. The molecule has 1 aromatic carbocycles. The van der Waals surface area contributed by atoms with E-state index in [2.05, 4.69) is 48.9 Å². The lowest BCUT2D eigenvalue weighted by Gasteiger charge is -2.24. The van der Waals surface area contributed by atoms with Gasteiger partial charge < -0.3 is 9.84 Å². The van der Waals surface area contributed by atoms with Crippen LogP contribution in [0.2, 0.25) is 0 Å². The standard InChI is InChI=1S/C29H39ClO4S/c1-20(2)24-18-26(32)23(10-6-4-5-7-13-28(33)34-3)22(24)15-14-21(31)16-17-29(30)19-35-27-12-9-8-11-25(27)29/h4,6,8-9,11-12,14-15,20-24,31H,5,7,10,13,16-19H2,1-3H3/b6-4-,15-14+/t21?,22-,23-,24+,29?/m1/s1. The van der Waals surface area contributed by atoms with Gasteiger partial charge in [0.15, 0.2) is 0 Å². The number of esters is 1. The Bertz CT molecular complexity index is 927. The van der Waals surface area contributed by atoms with Crippen LogP contribution in [-0.2, 0) is 19.2 Å². The molecule has 1 N–H and O–H groups in total. The quantitative estimate of drug-likeness (QED) is 0.144. The number of carbonyl (C=O) groups is 2. The van der Waals surface area contributed by atoms with Crippen molar-refractivity contribution >= 4 is 35.1 Å². The van der Waals surface area contributed by atoms with E-state index in [1.54, 1.807) is 11.8 Å². The molecule has 0 bridgehead atoms. The number of alkyl halides is 1. The van der Waals surface area contributed by atoms with E-state index in [4.69, 9.17) is 11.6 Å². The molecule has 35 heavy (non-hydrogen) atoms. The van der Waals surface area contributed by atoms with Crippen LogP contribution in [0.5, 0.6) is 0 Å². The van der Waals surface area contributed by atoms with Crippen molar-refractivity contribution in [2.24, 2.45) is 23.7 Å². The SMILES string of the molecule is COC(=O)CCC/C=C\C[C@H]1C(=O)C[C@@H](C(C)C)[C@@H]1/C=C/C(O)CCC1(Cl)CSc2ccccc21. The third kappa shape index (κ3) is 7.47. The molecule has 3 rings (SSSR count). The Balaban J connectivity index is 1.56. The largest absolute Gasteiger partial charge is 0.469 e. The average Bonchev–Trinajstić information content (AvgIpc) is 3.35. The molecule has 0 aromatic heterocycles. The van der Waals surface area contributed by atoms with Gasteiger partial charge in [0.2, 0.25) is 0 Å². The fourth-order valence-electron chi connectivity index (χ4n) is 5.27. The van der Waals surface area contributed by atoms with Gasteiger partial charge in [-0.2, -0.15) is 0 Å². The van der Waals surface area contributed by atoms with E-state index in [9.17, 15) is 14.7 Å². The zero-order valence-electron chi connectivity index (χ0n) is 21.1. The van der Waals surface area contributed by atoms with Gasteiger partial charge in [0, 0.05) is 29.4 Å². The summed E-state index contributed by atoms with van der Waals surface area (Å²) in [7, 11) is 1.40. The number of carbonyl (C=O) groups excluding carboxylic acids is 2. The van der Waals surface area contributed by atoms with Gasteiger partial charge in [-0.1, -0.05) is 56.4 Å². The van der Waals surface area contributed by atoms with E-state index in [0.717, 1.165) is 18.6 Å². The molecule has 1 saturated carbocycles. The molecule has 0 radical (unpaired) electrons. The molecule has 0 saturated heterocycles. The highest BCUT2D eigenvalue weighted by Gasteiger charge is 2.41. The molecule has 4 nitrogen and oxygen atoms in total. The number of rotatable bonds is 12. The highest BCUT2D eigenvalue weighted by atomic mass is 35.5. The van der Waals surface area contributed by atoms with Gasteiger partial charge in [-0.3, -0.25) is 9.59 Å². The number of unbranched alkanes of at least 4 members (excludes halogenated alkanes) is 1. The van der Waals surface area contributed by atoms with Crippen LogP contribution in [0.4, 0.5) is 0 Å². The molecule has 1 fully saturated rings. The van der Waals surface area contributed by atoms with E-state index >= 15 is 0 Å². The number of aliphatic hydroxyl groups is 1. The zero-order valence-corrected chi connectivity index (χ0v) is 22.7. The second-order valence-corrected chi connectivity index (χ2v) is 11.9. The van der Waals surface area contributed by atoms with Crippen LogP contribution < -0.4 is 0 Å². The summed E-state index contributed by atoms with van der Waals surface area (Å²) in [5, 5.41) is 10.8. The van der Waals surface area contributed by atoms with Crippen LogP contribution in [0, 0.1) is 23.7 Å². The highest BCUT2D eigenvalue weighted by molar-refractivity contribution is 7.99. The molecule has 1 aliphatic heterocycles. The average molecular weight is 519 g/mol. The number of Topliss-reactive ketones (excluding diaryl/α,β-unsaturated/α-hetero) is 1. The van der Waals surface area contributed by atoms with Crippen LogP contribution in [0.3, 0.4) is 0 Å². The Morgan fingerprint density at radius 2 is 2.09 bits per heavy atom. The molecule has 2 aliphatic rings. The van der Waals surface area contributed by atoms with Crippen molar-refractivity contribution in [1.82, 2.24) is 0 Å². The van der Waals surface area contributed by atoms with Gasteiger partial charge in [-0.05, 0) is 61.5 Å². The van der Waals surface area contributed by atoms with Gasteiger partial charge in [0.1, 0.15) is 5.78 Å². The molecule has 1 aromatic rings. The van der Waals surface area contributed by atoms with Crippen LogP contribution in [0.25, 0.3) is 0 Å². The van der Waals surface area contributed by atoms with E-state index in [-0.39, 0.29) is 17.8 Å². The summed E-state index contributed by atoms with van der Waals surface area (Å²) >= 11 is 8.75. The number of halogens is 1. The summed E-state index contributed by atoms with van der Waals surface area (Å²) in [4.78, 5) is 24.9. The van der Waals surface area contributed by atoms with Gasteiger partial charge in [-0.25, -0.2) is 0 Å². The molecule has 0 spiro atoms. The number of aliphatic hydroxyl groups excluding tert-OH is 1. The first-order chi connectivity index (χ1) is 16.7. The van der Waals surface area contributed by atoms with Crippen molar-refractivity contribution in [3.8, 4) is 0 Å². The first-order valence-corrected chi connectivity index (χ1v) is 14.1. The first kappa shape index (κ1) is 28.0. The minimum Gasteiger partial charge on any atom is -0.469 e. The third-order valence-electron chi connectivity index (χ3n) is 7.42. The second-order valence-electron chi connectivity index (χ2n) is 10.2. The minimum atomic E-state index is -0.582. The van der Waals surface area contributed by atoms with Crippen molar-refractivity contribution in [2.45, 2.75) is 74.7 Å². The summed E-state index contributed by atoms with van der Waals surface area (Å²) in [6.45, 7) is 4.35. The fourth-order valence-corrected chi connectivity index (χ4v) is 7.05. The Labute approximate surface area is 219 Å². The summed E-state index contributed by atoms with van der Waals surface area (Å²) in [6, 6.07) is 8.26. The van der Waals surface area contributed by atoms with E-state index < -0.39 is 11.0 Å². The Morgan fingerprint density at radius 3 is 2.83 bits per heavy atom. The van der Waals surface area contributed by atoms with Crippen molar-refractivity contribution in [3.63, 3.8) is 0 Å². The Morgan fingerprint density at radius 1 is 1.31 bits per heavy atom. The number of ether oxygens (including phenoxy) is 1. The molecule has 1 aliphatic carbocycles. The molecule has 0 amide bonds.